The van der Waals surface area contributed by atoms with Gasteiger partial charge in [-0.05, 0) is 32.1 Å². The van der Waals surface area contributed by atoms with Gasteiger partial charge in [-0.3, -0.25) is 0 Å². The lowest BCUT2D eigenvalue weighted by atomic mass is 10.2. The second-order valence-electron chi connectivity index (χ2n) is 5.50. The molecule has 0 aromatic heterocycles. The van der Waals surface area contributed by atoms with Crippen LogP contribution in [0.2, 0.25) is 0 Å². The van der Waals surface area contributed by atoms with Crippen LogP contribution in [0.5, 0.6) is 0 Å². The number of ether oxygens (including phenoxy) is 6. The van der Waals surface area contributed by atoms with Crippen molar-refractivity contribution in [1.29, 1.82) is 0 Å². The van der Waals surface area contributed by atoms with E-state index in [-0.39, 0.29) is 12.4 Å². The van der Waals surface area contributed by atoms with Gasteiger partial charge < -0.3 is 28.4 Å². The summed E-state index contributed by atoms with van der Waals surface area (Å²) in [5, 5.41) is 0. The lowest BCUT2D eigenvalue weighted by Gasteiger charge is -2.23. The van der Waals surface area contributed by atoms with Crippen LogP contribution >= 0.6 is 0 Å². The third-order valence-electron chi connectivity index (χ3n) is 3.54. The minimum Gasteiger partial charge on any atom is -0.376 e. The van der Waals surface area contributed by atoms with Gasteiger partial charge in [-0.25, -0.2) is 0 Å². The van der Waals surface area contributed by atoms with Crippen molar-refractivity contribution in [2.45, 2.75) is 50.6 Å². The van der Waals surface area contributed by atoms with Gasteiger partial charge in [0.15, 0.2) is 6.29 Å². The first-order valence-electron chi connectivity index (χ1n) is 7.91. The van der Waals surface area contributed by atoms with E-state index < -0.39 is 0 Å². The van der Waals surface area contributed by atoms with Gasteiger partial charge in [-0.15, -0.1) is 0 Å². The Bertz CT molecular complexity index is 253. The zero-order valence-corrected chi connectivity index (χ0v) is 13.0. The van der Waals surface area contributed by atoms with E-state index in [2.05, 4.69) is 0 Å². The Morgan fingerprint density at radius 3 is 2.86 bits per heavy atom. The first-order valence-corrected chi connectivity index (χ1v) is 7.91. The van der Waals surface area contributed by atoms with Gasteiger partial charge >= 0.3 is 0 Å². The van der Waals surface area contributed by atoms with Crippen LogP contribution < -0.4 is 0 Å². The Morgan fingerprint density at radius 1 is 1.24 bits per heavy atom. The van der Waals surface area contributed by atoms with Crippen LogP contribution in [0.1, 0.15) is 32.1 Å². The fourth-order valence-electron chi connectivity index (χ4n) is 2.24. The zero-order chi connectivity index (χ0) is 14.8. The molecule has 2 fully saturated rings. The van der Waals surface area contributed by atoms with E-state index in [1.54, 1.807) is 7.11 Å². The summed E-state index contributed by atoms with van der Waals surface area (Å²) >= 11 is 0. The summed E-state index contributed by atoms with van der Waals surface area (Å²) in [6, 6.07) is 0. The van der Waals surface area contributed by atoms with Crippen LogP contribution in [0, 0.1) is 0 Å². The molecule has 0 aromatic rings. The predicted molar refractivity (Wildman–Crippen MR) is 76.1 cm³/mol. The minimum atomic E-state index is -0.0136. The van der Waals surface area contributed by atoms with E-state index >= 15 is 0 Å². The molecule has 0 saturated carbocycles. The third kappa shape index (κ3) is 8.09. The first-order chi connectivity index (χ1) is 10.4. The van der Waals surface area contributed by atoms with Gasteiger partial charge in [0.05, 0.1) is 25.9 Å². The van der Waals surface area contributed by atoms with Crippen LogP contribution in [0.25, 0.3) is 0 Å². The fraction of sp³-hybridized carbons (Fsp3) is 1.00. The Labute approximate surface area is 127 Å². The number of rotatable bonds is 12. The largest absolute Gasteiger partial charge is 0.376 e. The van der Waals surface area contributed by atoms with Crippen molar-refractivity contribution in [3.8, 4) is 0 Å². The standard InChI is InChI=1S/C15H28O6/c1-16-12-21-13(9-17-10-14-11-20-14)5-4-8-19-15-6-2-3-7-18-15/h13-15H,2-12H2,1H3. The Kier molecular flexibility index (Phi) is 8.54. The Hall–Kier alpha value is -0.240. The van der Waals surface area contributed by atoms with Crippen LogP contribution in [-0.2, 0) is 28.4 Å². The molecule has 3 atom stereocenters. The topological polar surface area (TPSA) is 58.7 Å². The van der Waals surface area contributed by atoms with E-state index in [1.165, 1.54) is 6.42 Å². The SMILES string of the molecule is COCOC(CCCOC1CCCCO1)COCC1CO1. The highest BCUT2D eigenvalue weighted by molar-refractivity contribution is 4.68. The first kappa shape index (κ1) is 17.1. The van der Waals surface area contributed by atoms with Gasteiger partial charge in [-0.2, -0.15) is 0 Å². The maximum atomic E-state index is 5.72. The number of hydrogen-bond acceptors (Lipinski definition) is 6. The smallest absolute Gasteiger partial charge is 0.157 e. The molecule has 0 radical (unpaired) electrons. The lowest BCUT2D eigenvalue weighted by Crippen LogP contribution is -2.25. The van der Waals surface area contributed by atoms with E-state index in [0.29, 0.717) is 32.7 Å². The van der Waals surface area contributed by atoms with Gasteiger partial charge in [0, 0.05) is 20.3 Å². The molecule has 0 amide bonds. The maximum Gasteiger partial charge on any atom is 0.157 e. The second-order valence-corrected chi connectivity index (χ2v) is 5.50. The van der Waals surface area contributed by atoms with E-state index in [4.69, 9.17) is 28.4 Å². The van der Waals surface area contributed by atoms with Gasteiger partial charge in [-0.1, -0.05) is 0 Å². The highest BCUT2D eigenvalue weighted by Gasteiger charge is 2.23. The van der Waals surface area contributed by atoms with Crippen molar-refractivity contribution in [3.63, 3.8) is 0 Å². The minimum absolute atomic E-state index is 0.0136. The molecule has 2 aliphatic heterocycles. The van der Waals surface area contributed by atoms with Crippen molar-refractivity contribution >= 4 is 0 Å². The van der Waals surface area contributed by atoms with Gasteiger partial charge in [0.25, 0.3) is 0 Å². The van der Waals surface area contributed by atoms with Crippen molar-refractivity contribution in [3.05, 3.63) is 0 Å². The highest BCUT2D eigenvalue weighted by Crippen LogP contribution is 2.15. The molecule has 2 saturated heterocycles. The Balaban J connectivity index is 1.51. The molecule has 21 heavy (non-hydrogen) atoms. The molecule has 0 N–H and O–H groups in total. The molecule has 3 unspecified atom stereocenters. The average Bonchev–Trinajstić information content (AvgIpc) is 3.33. The number of hydrogen-bond donors (Lipinski definition) is 0. The monoisotopic (exact) mass is 304 g/mol. The van der Waals surface area contributed by atoms with Gasteiger partial charge in [0.1, 0.15) is 12.9 Å². The highest BCUT2D eigenvalue weighted by atomic mass is 16.7. The van der Waals surface area contributed by atoms with Crippen LogP contribution in [-0.4, -0.2) is 65.4 Å². The second kappa shape index (κ2) is 10.5. The molecule has 0 aliphatic carbocycles. The summed E-state index contributed by atoms with van der Waals surface area (Å²) in [5.74, 6) is 0. The van der Waals surface area contributed by atoms with Crippen molar-refractivity contribution in [1.82, 2.24) is 0 Å². The van der Waals surface area contributed by atoms with Crippen LogP contribution in [0.15, 0.2) is 0 Å². The molecule has 124 valence electrons. The molecule has 2 rings (SSSR count). The summed E-state index contributed by atoms with van der Waals surface area (Å²) in [6.07, 6.45) is 5.49. The molecule has 0 spiro atoms. The number of epoxide rings is 1. The summed E-state index contributed by atoms with van der Waals surface area (Å²) in [7, 11) is 1.62. The molecule has 2 heterocycles. The molecule has 6 nitrogen and oxygen atoms in total. The molecule has 6 heteroatoms. The maximum absolute atomic E-state index is 5.72. The van der Waals surface area contributed by atoms with E-state index in [1.807, 2.05) is 0 Å². The average molecular weight is 304 g/mol. The summed E-state index contributed by atoms with van der Waals surface area (Å²) in [6.45, 7) is 3.85. The molecule has 0 bridgehead atoms. The third-order valence-corrected chi connectivity index (χ3v) is 3.54. The summed E-state index contributed by atoms with van der Waals surface area (Å²) in [5.41, 5.74) is 0. The molecular formula is C15H28O6. The van der Waals surface area contributed by atoms with E-state index in [9.17, 15) is 0 Å². The zero-order valence-electron chi connectivity index (χ0n) is 13.0. The number of methoxy groups -OCH3 is 1. The molecular weight excluding hydrogens is 276 g/mol. The lowest BCUT2D eigenvalue weighted by molar-refractivity contribution is -0.165. The quantitative estimate of drug-likeness (QED) is 0.311. The Morgan fingerprint density at radius 2 is 2.14 bits per heavy atom. The van der Waals surface area contributed by atoms with Crippen molar-refractivity contribution in [2.24, 2.45) is 0 Å². The summed E-state index contributed by atoms with van der Waals surface area (Å²) < 4.78 is 32.5. The normalized spacial score (nSPS) is 26.7. The fourth-order valence-corrected chi connectivity index (χ4v) is 2.24. The molecule has 2 aliphatic rings. The van der Waals surface area contributed by atoms with Crippen molar-refractivity contribution in [2.75, 3.05) is 46.9 Å². The molecule has 0 aromatic carbocycles. The predicted octanol–water partition coefficient (Wildman–Crippen LogP) is 1.71. The summed E-state index contributed by atoms with van der Waals surface area (Å²) in [4.78, 5) is 0. The van der Waals surface area contributed by atoms with E-state index in [0.717, 1.165) is 38.9 Å². The van der Waals surface area contributed by atoms with Crippen LogP contribution in [0.4, 0.5) is 0 Å². The van der Waals surface area contributed by atoms with Crippen LogP contribution in [0.3, 0.4) is 0 Å². The van der Waals surface area contributed by atoms with Crippen molar-refractivity contribution < 1.29 is 28.4 Å². The van der Waals surface area contributed by atoms with Gasteiger partial charge in [0.2, 0.25) is 0 Å².